The summed E-state index contributed by atoms with van der Waals surface area (Å²) in [7, 11) is 1.70. The Hall–Kier alpha value is -1.87. The number of aromatic nitrogens is 2. The van der Waals surface area contributed by atoms with Crippen LogP contribution in [0, 0.1) is 6.92 Å². The molecule has 0 radical (unpaired) electrons. The van der Waals surface area contributed by atoms with E-state index in [9.17, 15) is 4.79 Å². The first-order valence-corrected chi connectivity index (χ1v) is 8.17. The molecule has 0 atom stereocenters. The lowest BCUT2D eigenvalue weighted by molar-refractivity contribution is 0.0945. The van der Waals surface area contributed by atoms with Gasteiger partial charge in [0.05, 0.1) is 16.4 Å². The van der Waals surface area contributed by atoms with Crippen LogP contribution in [-0.2, 0) is 7.05 Å². The fourth-order valence-electron chi connectivity index (χ4n) is 2.12. The van der Waals surface area contributed by atoms with Gasteiger partial charge in [-0.1, -0.05) is 0 Å². The van der Waals surface area contributed by atoms with Gasteiger partial charge in [0.2, 0.25) is 6.79 Å². The van der Waals surface area contributed by atoms with Gasteiger partial charge in [0.15, 0.2) is 11.5 Å². The van der Waals surface area contributed by atoms with Crippen LogP contribution in [-0.4, -0.2) is 28.7 Å². The molecule has 0 saturated heterocycles. The molecule has 23 heavy (non-hydrogen) atoms. The van der Waals surface area contributed by atoms with E-state index in [4.69, 9.17) is 9.47 Å². The smallest absolute Gasteiger partial charge is 0.290 e. The number of fused-ring (bicyclic) bond motifs is 1. The zero-order valence-corrected chi connectivity index (χ0v) is 15.4. The maximum Gasteiger partial charge on any atom is 0.290 e. The van der Waals surface area contributed by atoms with Crippen molar-refractivity contribution in [2.45, 2.75) is 6.92 Å². The molecule has 0 bridgehead atoms. The number of benzene rings is 1. The molecule has 1 aromatic carbocycles. The molecule has 1 aliphatic heterocycles. The summed E-state index contributed by atoms with van der Waals surface area (Å²) in [6.45, 7) is 2.01. The van der Waals surface area contributed by atoms with E-state index in [1.165, 1.54) is 10.9 Å². The number of hydrogen-bond donors (Lipinski definition) is 1. The summed E-state index contributed by atoms with van der Waals surface area (Å²) in [5, 5.41) is 8.15. The Bertz CT molecular complexity index is 817. The second kappa shape index (κ2) is 6.32. The Morgan fingerprint density at radius 1 is 1.39 bits per heavy atom. The van der Waals surface area contributed by atoms with Gasteiger partial charge in [-0.05, 0) is 50.9 Å². The van der Waals surface area contributed by atoms with Crippen molar-refractivity contribution in [3.63, 3.8) is 0 Å². The van der Waals surface area contributed by atoms with E-state index in [0.29, 0.717) is 21.7 Å². The molecular weight excluding hydrogens is 432 g/mol. The van der Waals surface area contributed by atoms with Crippen LogP contribution in [0.15, 0.2) is 26.2 Å². The van der Waals surface area contributed by atoms with Crippen molar-refractivity contribution in [3.8, 4) is 11.5 Å². The van der Waals surface area contributed by atoms with E-state index in [1.807, 2.05) is 6.92 Å². The SMILES string of the molecule is Cc1nn(C)c(C(=O)N/N=C\c2cc3c(cc2Br)OCO3)c1Br. The molecule has 0 spiro atoms. The topological polar surface area (TPSA) is 77.7 Å². The zero-order valence-electron chi connectivity index (χ0n) is 12.3. The largest absolute Gasteiger partial charge is 0.454 e. The van der Waals surface area contributed by atoms with Crippen LogP contribution in [0.2, 0.25) is 0 Å². The summed E-state index contributed by atoms with van der Waals surface area (Å²) >= 11 is 6.78. The summed E-state index contributed by atoms with van der Waals surface area (Å²) < 4.78 is 13.5. The van der Waals surface area contributed by atoms with Crippen molar-refractivity contribution in [2.75, 3.05) is 6.79 Å². The van der Waals surface area contributed by atoms with Crippen LogP contribution in [0.25, 0.3) is 0 Å². The van der Waals surface area contributed by atoms with E-state index < -0.39 is 0 Å². The van der Waals surface area contributed by atoms with Gasteiger partial charge in [-0.3, -0.25) is 9.48 Å². The number of hydrazone groups is 1. The fourth-order valence-corrected chi connectivity index (χ4v) is 3.06. The number of carbonyl (C=O) groups excluding carboxylic acids is 1. The predicted octanol–water partition coefficient (Wildman–Crippen LogP) is 2.75. The second-order valence-electron chi connectivity index (χ2n) is 4.80. The molecule has 120 valence electrons. The Labute approximate surface area is 148 Å². The molecule has 2 aromatic rings. The predicted molar refractivity (Wildman–Crippen MR) is 91.0 cm³/mol. The van der Waals surface area contributed by atoms with Crippen LogP contribution in [0.4, 0.5) is 0 Å². The number of rotatable bonds is 3. The third kappa shape index (κ3) is 3.11. The van der Waals surface area contributed by atoms with Gasteiger partial charge < -0.3 is 9.47 Å². The molecule has 1 amide bonds. The van der Waals surface area contributed by atoms with Crippen molar-refractivity contribution >= 4 is 44.0 Å². The van der Waals surface area contributed by atoms with Crippen molar-refractivity contribution in [2.24, 2.45) is 12.1 Å². The second-order valence-corrected chi connectivity index (χ2v) is 6.45. The molecule has 0 saturated carbocycles. The molecule has 1 aromatic heterocycles. The minimum atomic E-state index is -0.354. The van der Waals surface area contributed by atoms with Gasteiger partial charge in [-0.2, -0.15) is 10.2 Å². The number of amides is 1. The van der Waals surface area contributed by atoms with Crippen molar-refractivity contribution < 1.29 is 14.3 Å². The minimum Gasteiger partial charge on any atom is -0.454 e. The highest BCUT2D eigenvalue weighted by molar-refractivity contribution is 9.10. The monoisotopic (exact) mass is 442 g/mol. The molecule has 7 nitrogen and oxygen atoms in total. The number of ether oxygens (including phenoxy) is 2. The summed E-state index contributed by atoms with van der Waals surface area (Å²) in [5.41, 5.74) is 4.39. The molecule has 2 heterocycles. The lowest BCUT2D eigenvalue weighted by Crippen LogP contribution is -2.21. The molecule has 0 fully saturated rings. The van der Waals surface area contributed by atoms with Gasteiger partial charge >= 0.3 is 0 Å². The fraction of sp³-hybridized carbons (Fsp3) is 0.214. The number of nitrogens with zero attached hydrogens (tertiary/aromatic N) is 3. The Balaban J connectivity index is 1.75. The highest BCUT2D eigenvalue weighted by Crippen LogP contribution is 2.36. The Morgan fingerprint density at radius 2 is 2.09 bits per heavy atom. The van der Waals surface area contributed by atoms with Crippen LogP contribution in [0.5, 0.6) is 11.5 Å². The normalized spacial score (nSPS) is 12.9. The number of hydrogen-bond acceptors (Lipinski definition) is 5. The zero-order chi connectivity index (χ0) is 16.6. The van der Waals surface area contributed by atoms with Crippen molar-refractivity contribution in [3.05, 3.63) is 38.0 Å². The highest BCUT2D eigenvalue weighted by Gasteiger charge is 2.18. The molecule has 9 heteroatoms. The third-order valence-corrected chi connectivity index (χ3v) is 4.86. The summed E-state index contributed by atoms with van der Waals surface area (Å²) in [4.78, 5) is 12.2. The average molecular weight is 444 g/mol. The first kappa shape index (κ1) is 16.0. The van der Waals surface area contributed by atoms with Crippen LogP contribution in [0.1, 0.15) is 21.7 Å². The number of aryl methyl sites for hydroxylation is 2. The van der Waals surface area contributed by atoms with Crippen LogP contribution < -0.4 is 14.9 Å². The first-order chi connectivity index (χ1) is 11.0. The minimum absolute atomic E-state index is 0.201. The number of carbonyl (C=O) groups is 1. The Morgan fingerprint density at radius 3 is 2.74 bits per heavy atom. The van der Waals surface area contributed by atoms with E-state index in [2.05, 4.69) is 47.5 Å². The summed E-state index contributed by atoms with van der Waals surface area (Å²) in [6, 6.07) is 3.58. The maximum absolute atomic E-state index is 12.2. The lowest BCUT2D eigenvalue weighted by Gasteiger charge is -2.03. The van der Waals surface area contributed by atoms with Crippen LogP contribution >= 0.6 is 31.9 Å². The molecule has 0 aliphatic carbocycles. The first-order valence-electron chi connectivity index (χ1n) is 6.59. The molecular formula is C14H12Br2N4O3. The molecule has 1 aliphatic rings. The average Bonchev–Trinajstić information content (AvgIpc) is 3.03. The van der Waals surface area contributed by atoms with Gasteiger partial charge in [0.25, 0.3) is 5.91 Å². The summed E-state index contributed by atoms with van der Waals surface area (Å²) in [6.07, 6.45) is 1.53. The van der Waals surface area contributed by atoms with E-state index in [0.717, 1.165) is 15.7 Å². The van der Waals surface area contributed by atoms with Crippen molar-refractivity contribution in [1.29, 1.82) is 0 Å². The van der Waals surface area contributed by atoms with Gasteiger partial charge in [0, 0.05) is 17.1 Å². The third-order valence-electron chi connectivity index (χ3n) is 3.23. The summed E-state index contributed by atoms with van der Waals surface area (Å²) in [5.74, 6) is 0.964. The Kier molecular flexibility index (Phi) is 4.40. The quantitative estimate of drug-likeness (QED) is 0.584. The van der Waals surface area contributed by atoms with Crippen molar-refractivity contribution in [1.82, 2.24) is 15.2 Å². The maximum atomic E-state index is 12.2. The number of halogens is 2. The van der Waals surface area contributed by atoms with Gasteiger partial charge in [0.1, 0.15) is 5.69 Å². The highest BCUT2D eigenvalue weighted by atomic mass is 79.9. The van der Waals surface area contributed by atoms with Gasteiger partial charge in [-0.15, -0.1) is 0 Å². The van der Waals surface area contributed by atoms with E-state index >= 15 is 0 Å². The number of nitrogens with one attached hydrogen (secondary N) is 1. The molecule has 3 rings (SSSR count). The molecule has 1 N–H and O–H groups in total. The van der Waals surface area contributed by atoms with Gasteiger partial charge in [-0.25, -0.2) is 5.43 Å². The van der Waals surface area contributed by atoms with E-state index in [-0.39, 0.29) is 12.7 Å². The lowest BCUT2D eigenvalue weighted by atomic mass is 10.2. The van der Waals surface area contributed by atoms with Crippen LogP contribution in [0.3, 0.4) is 0 Å². The van der Waals surface area contributed by atoms with E-state index in [1.54, 1.807) is 19.2 Å². The molecule has 0 unspecified atom stereocenters. The standard InChI is InChI=1S/C14H12Br2N4O3/c1-7-12(16)13(20(2)19-7)14(21)18-17-5-8-3-10-11(4-9(8)15)23-6-22-10/h3-5H,6H2,1-2H3,(H,18,21)/b17-5-.